The number of H-pyrrole nitrogens is 1. The van der Waals surface area contributed by atoms with E-state index in [1.165, 1.54) is 24.2 Å². The summed E-state index contributed by atoms with van der Waals surface area (Å²) < 4.78 is 0. The Bertz CT molecular complexity index is 467. The lowest BCUT2D eigenvalue weighted by molar-refractivity contribution is -0.0919. The second-order valence-corrected chi connectivity index (χ2v) is 3.50. The number of hydrazine groups is 1. The topological polar surface area (TPSA) is 95.2 Å². The second kappa shape index (κ2) is 8.13. The van der Waals surface area contributed by atoms with Crippen molar-refractivity contribution in [3.8, 4) is 0 Å². The summed E-state index contributed by atoms with van der Waals surface area (Å²) in [5, 5.41) is 9.33. The maximum atomic E-state index is 10.2. The molecule has 6 heteroatoms. The molecule has 0 aliphatic heterocycles. The summed E-state index contributed by atoms with van der Waals surface area (Å²) in [6.45, 7) is 0.462. The van der Waals surface area contributed by atoms with Gasteiger partial charge in [-0.1, -0.05) is 30.3 Å². The second-order valence-electron chi connectivity index (χ2n) is 3.50. The van der Waals surface area contributed by atoms with Crippen LogP contribution in [0.5, 0.6) is 0 Å². The Balaban J connectivity index is 0.000000199. The third-order valence-corrected chi connectivity index (χ3v) is 2.05. The van der Waals surface area contributed by atoms with E-state index in [0.717, 1.165) is 6.42 Å². The van der Waals surface area contributed by atoms with Crippen LogP contribution in [-0.4, -0.2) is 26.9 Å². The van der Waals surface area contributed by atoms with Crippen molar-refractivity contribution in [2.45, 2.75) is 6.42 Å². The van der Waals surface area contributed by atoms with Gasteiger partial charge in [-0.25, -0.2) is 5.84 Å². The smallest absolute Gasteiger partial charge is 0.266 e. The van der Waals surface area contributed by atoms with Crippen LogP contribution in [0.25, 0.3) is 0 Å². The van der Waals surface area contributed by atoms with E-state index in [0.29, 0.717) is 11.7 Å². The summed E-state index contributed by atoms with van der Waals surface area (Å²) in [6.07, 6.45) is 5.00. The van der Waals surface area contributed by atoms with Gasteiger partial charge in [0, 0.05) is 18.9 Å². The Labute approximate surface area is 105 Å². The van der Waals surface area contributed by atoms with Crippen LogP contribution < -0.4 is 11.4 Å². The van der Waals surface area contributed by atoms with Gasteiger partial charge in [0.25, 0.3) is 5.56 Å². The third kappa shape index (κ3) is 6.54. The van der Waals surface area contributed by atoms with Crippen molar-refractivity contribution in [1.82, 2.24) is 15.1 Å². The zero-order chi connectivity index (χ0) is 13.2. The molecule has 0 amide bonds. The van der Waals surface area contributed by atoms with Crippen LogP contribution in [0, 0.1) is 0 Å². The maximum absolute atomic E-state index is 10.2. The van der Waals surface area contributed by atoms with E-state index in [9.17, 15) is 4.79 Å². The van der Waals surface area contributed by atoms with E-state index in [1.807, 2.05) is 30.3 Å². The molecule has 0 fully saturated rings. The minimum atomic E-state index is -0.164. The highest BCUT2D eigenvalue weighted by atomic mass is 16.5. The molecule has 0 unspecified atom stereocenters. The lowest BCUT2D eigenvalue weighted by Gasteiger charge is -2.06. The molecule has 0 atom stereocenters. The molecule has 18 heavy (non-hydrogen) atoms. The molecule has 0 spiro atoms. The first-order valence-corrected chi connectivity index (χ1v) is 5.42. The molecular formula is C12H16N4O2. The number of rotatable bonds is 3. The standard InChI is InChI=1S/C8H12N2O.C4H4N2O/c9-10(11)7-6-8-4-2-1-3-5-8;7-4-3-5-1-2-6-4/h1-5,11H,6-7,9H2;1-3H,(H,6,7). The highest BCUT2D eigenvalue weighted by molar-refractivity contribution is 5.14. The highest BCUT2D eigenvalue weighted by Crippen LogP contribution is 1.98. The number of benzene rings is 1. The van der Waals surface area contributed by atoms with Gasteiger partial charge in [-0.15, -0.1) is 5.17 Å². The number of nitrogens with two attached hydrogens (primary N) is 1. The molecular weight excluding hydrogens is 232 g/mol. The summed E-state index contributed by atoms with van der Waals surface area (Å²) in [5.41, 5.74) is 1.01. The van der Waals surface area contributed by atoms with Crippen molar-refractivity contribution in [3.05, 3.63) is 64.8 Å². The van der Waals surface area contributed by atoms with E-state index >= 15 is 0 Å². The van der Waals surface area contributed by atoms with Gasteiger partial charge in [0.1, 0.15) is 0 Å². The molecule has 2 aromatic rings. The van der Waals surface area contributed by atoms with E-state index < -0.39 is 0 Å². The van der Waals surface area contributed by atoms with Gasteiger partial charge >= 0.3 is 0 Å². The Morgan fingerprint density at radius 3 is 2.50 bits per heavy atom. The number of aromatic nitrogens is 2. The molecule has 4 N–H and O–H groups in total. The monoisotopic (exact) mass is 248 g/mol. The highest BCUT2D eigenvalue weighted by Gasteiger charge is 1.93. The van der Waals surface area contributed by atoms with Gasteiger partial charge < -0.3 is 4.98 Å². The quantitative estimate of drug-likeness (QED) is 0.545. The van der Waals surface area contributed by atoms with E-state index in [-0.39, 0.29) is 5.56 Å². The van der Waals surface area contributed by atoms with Crippen molar-refractivity contribution in [1.29, 1.82) is 0 Å². The first-order valence-electron chi connectivity index (χ1n) is 5.42. The van der Waals surface area contributed by atoms with Crippen LogP contribution in [-0.2, 0) is 6.42 Å². The minimum Gasteiger partial charge on any atom is -0.326 e. The van der Waals surface area contributed by atoms with Gasteiger partial charge in [0.15, 0.2) is 0 Å². The molecule has 1 aromatic heterocycles. The van der Waals surface area contributed by atoms with E-state index in [4.69, 9.17) is 11.0 Å². The molecule has 1 heterocycles. The molecule has 6 nitrogen and oxygen atoms in total. The Kier molecular flexibility index (Phi) is 6.34. The zero-order valence-corrected chi connectivity index (χ0v) is 9.86. The number of hydroxylamine groups is 1. The van der Waals surface area contributed by atoms with Crippen molar-refractivity contribution >= 4 is 0 Å². The lowest BCUT2D eigenvalue weighted by atomic mass is 10.2. The van der Waals surface area contributed by atoms with Crippen LogP contribution in [0.4, 0.5) is 0 Å². The first-order chi connectivity index (χ1) is 8.68. The van der Waals surface area contributed by atoms with E-state index in [1.54, 1.807) is 0 Å². The van der Waals surface area contributed by atoms with Crippen LogP contribution in [0.1, 0.15) is 5.56 Å². The average Bonchev–Trinajstić information content (AvgIpc) is 2.39. The van der Waals surface area contributed by atoms with Crippen LogP contribution in [0.15, 0.2) is 53.7 Å². The number of hydrogen-bond donors (Lipinski definition) is 3. The number of aromatic amines is 1. The summed E-state index contributed by atoms with van der Waals surface area (Å²) >= 11 is 0. The number of nitrogens with zero attached hydrogens (tertiary/aromatic N) is 2. The van der Waals surface area contributed by atoms with Crippen molar-refractivity contribution in [2.75, 3.05) is 6.54 Å². The molecule has 0 aliphatic carbocycles. The summed E-state index contributed by atoms with van der Waals surface area (Å²) in [5.74, 6) is 5.03. The molecule has 1 aromatic carbocycles. The molecule has 0 saturated carbocycles. The van der Waals surface area contributed by atoms with Gasteiger partial charge in [0.2, 0.25) is 0 Å². The van der Waals surface area contributed by atoms with Gasteiger partial charge in [-0.05, 0) is 12.0 Å². The van der Waals surface area contributed by atoms with Crippen LogP contribution >= 0.6 is 0 Å². The fourth-order valence-corrected chi connectivity index (χ4v) is 1.20. The van der Waals surface area contributed by atoms with Crippen molar-refractivity contribution in [2.24, 2.45) is 5.84 Å². The molecule has 0 aliphatic rings. The summed E-state index contributed by atoms with van der Waals surface area (Å²) in [7, 11) is 0. The Morgan fingerprint density at radius 1 is 1.33 bits per heavy atom. The average molecular weight is 248 g/mol. The fraction of sp³-hybridized carbons (Fsp3) is 0.167. The van der Waals surface area contributed by atoms with Gasteiger partial charge in [-0.2, -0.15) is 0 Å². The van der Waals surface area contributed by atoms with Gasteiger partial charge in [-0.3, -0.25) is 15.0 Å². The fourth-order valence-electron chi connectivity index (χ4n) is 1.20. The largest absolute Gasteiger partial charge is 0.326 e. The minimum absolute atomic E-state index is 0.164. The predicted octanol–water partition coefficient (Wildman–Crippen LogP) is 0.564. The molecule has 0 radical (unpaired) electrons. The SMILES string of the molecule is NN(O)CCc1ccccc1.O=c1cncc[nH]1. The Hall–Kier alpha value is -2.02. The van der Waals surface area contributed by atoms with E-state index in [2.05, 4.69) is 9.97 Å². The van der Waals surface area contributed by atoms with Crippen molar-refractivity contribution < 1.29 is 5.21 Å². The molecule has 0 bridgehead atoms. The molecule has 0 saturated heterocycles. The van der Waals surface area contributed by atoms with Gasteiger partial charge in [0.05, 0.1) is 6.20 Å². The third-order valence-electron chi connectivity index (χ3n) is 2.05. The maximum Gasteiger partial charge on any atom is 0.266 e. The van der Waals surface area contributed by atoms with Crippen LogP contribution in [0.2, 0.25) is 0 Å². The lowest BCUT2D eigenvalue weighted by Crippen LogP contribution is -2.28. The normalized spacial score (nSPS) is 9.72. The summed E-state index contributed by atoms with van der Waals surface area (Å²) in [4.78, 5) is 16.1. The zero-order valence-electron chi connectivity index (χ0n) is 9.86. The van der Waals surface area contributed by atoms with Crippen molar-refractivity contribution in [3.63, 3.8) is 0 Å². The first kappa shape index (κ1) is 14.0. The number of nitrogens with one attached hydrogen (secondary N) is 1. The molecule has 2 rings (SSSR count). The summed E-state index contributed by atoms with van der Waals surface area (Å²) in [6, 6.07) is 9.90. The van der Waals surface area contributed by atoms with Crippen LogP contribution in [0.3, 0.4) is 0 Å². The number of hydrogen-bond acceptors (Lipinski definition) is 5. The molecule has 96 valence electrons. The predicted molar refractivity (Wildman–Crippen MR) is 67.7 cm³/mol. The Morgan fingerprint density at radius 2 is 2.06 bits per heavy atom.